The Hall–Kier alpha value is -0.870. The molecule has 0 saturated heterocycles. The fourth-order valence-electron chi connectivity index (χ4n) is 2.84. The van der Waals surface area contributed by atoms with E-state index in [1.54, 1.807) is 0 Å². The van der Waals surface area contributed by atoms with Gasteiger partial charge in [0, 0.05) is 31.4 Å². The van der Waals surface area contributed by atoms with Crippen molar-refractivity contribution < 1.29 is 5.11 Å². The number of aliphatic hydroxyl groups is 1. The summed E-state index contributed by atoms with van der Waals surface area (Å²) in [5, 5.41) is 14.3. The lowest BCUT2D eigenvalue weighted by molar-refractivity contribution is 0.0502. The number of aliphatic hydroxyl groups excluding tert-OH is 1. The van der Waals surface area contributed by atoms with Gasteiger partial charge in [-0.1, -0.05) is 12.8 Å². The van der Waals surface area contributed by atoms with Gasteiger partial charge in [0.1, 0.15) is 0 Å². The lowest BCUT2D eigenvalue weighted by Gasteiger charge is -2.31. The van der Waals surface area contributed by atoms with E-state index in [4.69, 9.17) is 0 Å². The molecule has 0 bridgehead atoms. The van der Waals surface area contributed by atoms with E-state index < -0.39 is 0 Å². The lowest BCUT2D eigenvalue weighted by Crippen LogP contribution is -2.34. The first-order chi connectivity index (χ1) is 8.69. The fraction of sp³-hybridized carbons (Fsp3) is 0.786. The van der Waals surface area contributed by atoms with Crippen molar-refractivity contribution in [2.45, 2.75) is 51.8 Å². The molecular formula is C14H25N3O. The second kappa shape index (κ2) is 6.34. The summed E-state index contributed by atoms with van der Waals surface area (Å²) in [4.78, 5) is 2.30. The second-order valence-electron chi connectivity index (χ2n) is 5.51. The van der Waals surface area contributed by atoms with Crippen LogP contribution in [0.2, 0.25) is 0 Å². The molecule has 2 rings (SSSR count). The van der Waals surface area contributed by atoms with Gasteiger partial charge in [0.2, 0.25) is 0 Å². The largest absolute Gasteiger partial charge is 0.393 e. The molecule has 0 amide bonds. The monoisotopic (exact) mass is 251 g/mol. The lowest BCUT2D eigenvalue weighted by atomic mass is 9.86. The van der Waals surface area contributed by atoms with Crippen LogP contribution in [0.4, 0.5) is 0 Å². The quantitative estimate of drug-likeness (QED) is 0.869. The van der Waals surface area contributed by atoms with Crippen LogP contribution in [0.5, 0.6) is 0 Å². The summed E-state index contributed by atoms with van der Waals surface area (Å²) < 4.78 is 1.96. The predicted octanol–water partition coefficient (Wildman–Crippen LogP) is 1.89. The Morgan fingerprint density at radius 1 is 1.44 bits per heavy atom. The number of nitrogens with zero attached hydrogens (tertiary/aromatic N) is 3. The van der Waals surface area contributed by atoms with Gasteiger partial charge in [0.25, 0.3) is 0 Å². The van der Waals surface area contributed by atoms with Crippen molar-refractivity contribution in [3.8, 4) is 0 Å². The third kappa shape index (κ3) is 3.56. The van der Waals surface area contributed by atoms with Crippen molar-refractivity contribution in [3.63, 3.8) is 0 Å². The van der Waals surface area contributed by atoms with Crippen molar-refractivity contribution in [2.24, 2.45) is 5.92 Å². The minimum absolute atomic E-state index is 0.0976. The molecule has 102 valence electrons. The molecule has 1 heterocycles. The van der Waals surface area contributed by atoms with Crippen LogP contribution in [0.1, 0.15) is 38.2 Å². The summed E-state index contributed by atoms with van der Waals surface area (Å²) in [6.07, 6.45) is 8.55. The molecule has 1 aliphatic rings. The van der Waals surface area contributed by atoms with E-state index in [0.717, 1.165) is 26.1 Å². The van der Waals surface area contributed by atoms with Gasteiger partial charge < -0.3 is 10.0 Å². The number of hydrogen-bond acceptors (Lipinski definition) is 3. The maximum atomic E-state index is 9.98. The van der Waals surface area contributed by atoms with Gasteiger partial charge in [-0.25, -0.2) is 0 Å². The SMILES string of the molecule is CCn1cc(CN(C)CC2CCCCC2O)cn1. The molecule has 0 aliphatic heterocycles. The van der Waals surface area contributed by atoms with E-state index in [1.165, 1.54) is 24.8 Å². The third-order valence-electron chi connectivity index (χ3n) is 3.88. The van der Waals surface area contributed by atoms with Crippen LogP contribution < -0.4 is 0 Å². The van der Waals surface area contributed by atoms with Crippen LogP contribution in [0.3, 0.4) is 0 Å². The Morgan fingerprint density at radius 3 is 2.89 bits per heavy atom. The first-order valence-corrected chi connectivity index (χ1v) is 7.07. The molecule has 1 N–H and O–H groups in total. The van der Waals surface area contributed by atoms with Gasteiger partial charge in [0.05, 0.1) is 12.3 Å². The first kappa shape index (κ1) is 13.6. The Kier molecular flexibility index (Phi) is 4.78. The van der Waals surface area contributed by atoms with Gasteiger partial charge in [-0.2, -0.15) is 5.10 Å². The molecule has 2 atom stereocenters. The maximum absolute atomic E-state index is 9.98. The molecule has 1 aliphatic carbocycles. The van der Waals surface area contributed by atoms with Crippen LogP contribution >= 0.6 is 0 Å². The summed E-state index contributed by atoms with van der Waals surface area (Å²) in [6.45, 7) is 4.92. The molecule has 4 nitrogen and oxygen atoms in total. The normalized spacial score (nSPS) is 24.7. The highest BCUT2D eigenvalue weighted by Gasteiger charge is 2.24. The number of aryl methyl sites for hydroxylation is 1. The fourth-order valence-corrected chi connectivity index (χ4v) is 2.84. The number of aromatic nitrogens is 2. The van der Waals surface area contributed by atoms with Gasteiger partial charge in [-0.3, -0.25) is 4.68 Å². The van der Waals surface area contributed by atoms with Gasteiger partial charge in [-0.05, 0) is 32.7 Å². The minimum atomic E-state index is -0.0976. The molecule has 1 fully saturated rings. The second-order valence-corrected chi connectivity index (χ2v) is 5.51. The summed E-state index contributed by atoms with van der Waals surface area (Å²) in [7, 11) is 2.13. The van der Waals surface area contributed by atoms with E-state index in [0.29, 0.717) is 5.92 Å². The average Bonchev–Trinajstić information content (AvgIpc) is 2.80. The maximum Gasteiger partial charge on any atom is 0.0580 e. The molecule has 4 heteroatoms. The zero-order chi connectivity index (χ0) is 13.0. The number of hydrogen-bond donors (Lipinski definition) is 1. The Labute approximate surface area is 110 Å². The van der Waals surface area contributed by atoms with Crippen molar-refractivity contribution >= 4 is 0 Å². The molecule has 18 heavy (non-hydrogen) atoms. The van der Waals surface area contributed by atoms with Crippen molar-refractivity contribution in [2.75, 3.05) is 13.6 Å². The topological polar surface area (TPSA) is 41.3 Å². The molecule has 1 aromatic rings. The highest BCUT2D eigenvalue weighted by atomic mass is 16.3. The molecule has 1 aromatic heterocycles. The third-order valence-corrected chi connectivity index (χ3v) is 3.88. The summed E-state index contributed by atoms with van der Waals surface area (Å²) >= 11 is 0. The molecule has 0 spiro atoms. The summed E-state index contributed by atoms with van der Waals surface area (Å²) in [6, 6.07) is 0. The van der Waals surface area contributed by atoms with Gasteiger partial charge in [0.15, 0.2) is 0 Å². The molecule has 2 unspecified atom stereocenters. The van der Waals surface area contributed by atoms with Crippen LogP contribution in [0.25, 0.3) is 0 Å². The highest BCUT2D eigenvalue weighted by molar-refractivity contribution is 5.03. The van der Waals surface area contributed by atoms with E-state index in [2.05, 4.69) is 30.2 Å². The molecular weight excluding hydrogens is 226 g/mol. The number of rotatable bonds is 5. The van der Waals surface area contributed by atoms with Crippen LogP contribution in [0.15, 0.2) is 12.4 Å². The highest BCUT2D eigenvalue weighted by Crippen LogP contribution is 2.25. The van der Waals surface area contributed by atoms with Gasteiger partial charge in [-0.15, -0.1) is 0 Å². The van der Waals surface area contributed by atoms with Crippen LogP contribution in [0, 0.1) is 5.92 Å². The van der Waals surface area contributed by atoms with Crippen LogP contribution in [-0.4, -0.2) is 39.5 Å². The van der Waals surface area contributed by atoms with Crippen molar-refractivity contribution in [1.29, 1.82) is 0 Å². The smallest absolute Gasteiger partial charge is 0.0580 e. The molecule has 0 aromatic carbocycles. The Bertz CT molecular complexity index is 364. The van der Waals surface area contributed by atoms with Gasteiger partial charge >= 0.3 is 0 Å². The summed E-state index contributed by atoms with van der Waals surface area (Å²) in [5.74, 6) is 0.449. The minimum Gasteiger partial charge on any atom is -0.393 e. The zero-order valence-corrected chi connectivity index (χ0v) is 11.5. The summed E-state index contributed by atoms with van der Waals surface area (Å²) in [5.41, 5.74) is 1.25. The van der Waals surface area contributed by atoms with Crippen LogP contribution in [-0.2, 0) is 13.1 Å². The van der Waals surface area contributed by atoms with E-state index in [-0.39, 0.29) is 6.10 Å². The predicted molar refractivity (Wildman–Crippen MR) is 72.2 cm³/mol. The van der Waals surface area contributed by atoms with E-state index >= 15 is 0 Å². The Morgan fingerprint density at radius 2 is 2.22 bits per heavy atom. The zero-order valence-electron chi connectivity index (χ0n) is 11.5. The first-order valence-electron chi connectivity index (χ1n) is 7.07. The van der Waals surface area contributed by atoms with E-state index in [9.17, 15) is 5.11 Å². The van der Waals surface area contributed by atoms with Crippen molar-refractivity contribution in [3.05, 3.63) is 18.0 Å². The van der Waals surface area contributed by atoms with E-state index in [1.807, 2.05) is 10.9 Å². The Balaban J connectivity index is 1.82. The standard InChI is InChI=1S/C14H25N3O/c1-3-17-10-12(8-15-17)9-16(2)11-13-6-4-5-7-14(13)18/h8,10,13-14,18H,3-7,9,11H2,1-2H3. The molecule has 1 saturated carbocycles. The average molecular weight is 251 g/mol. The molecule has 0 radical (unpaired) electrons. The van der Waals surface area contributed by atoms with Crippen molar-refractivity contribution in [1.82, 2.24) is 14.7 Å².